The van der Waals surface area contributed by atoms with Crippen LogP contribution in [-0.4, -0.2) is 25.2 Å². The lowest BCUT2D eigenvalue weighted by molar-refractivity contribution is -0.139. The van der Waals surface area contributed by atoms with E-state index in [2.05, 4.69) is 12.2 Å². The molecule has 1 N–H and O–H groups in total. The van der Waals surface area contributed by atoms with Crippen LogP contribution in [-0.2, 0) is 9.53 Å². The van der Waals surface area contributed by atoms with Gasteiger partial charge in [-0.25, -0.2) is 0 Å². The van der Waals surface area contributed by atoms with E-state index in [0.717, 1.165) is 13.0 Å². The lowest BCUT2D eigenvalue weighted by Crippen LogP contribution is -2.39. The van der Waals surface area contributed by atoms with Crippen LogP contribution in [0.1, 0.15) is 39.0 Å². The molecule has 1 unspecified atom stereocenters. The quantitative estimate of drug-likeness (QED) is 0.696. The highest BCUT2D eigenvalue weighted by Gasteiger charge is 2.32. The van der Waals surface area contributed by atoms with Crippen molar-refractivity contribution >= 4 is 5.97 Å². The summed E-state index contributed by atoms with van der Waals surface area (Å²) in [6.45, 7) is 3.87. The van der Waals surface area contributed by atoms with E-state index in [1.165, 1.54) is 25.7 Å². The summed E-state index contributed by atoms with van der Waals surface area (Å²) in [6.07, 6.45) is 6.11. The number of hydrogen-bond acceptors (Lipinski definition) is 3. The van der Waals surface area contributed by atoms with Crippen molar-refractivity contribution in [2.24, 2.45) is 5.41 Å². The highest BCUT2D eigenvalue weighted by molar-refractivity contribution is 5.77. The Morgan fingerprint density at radius 1 is 1.50 bits per heavy atom. The molecule has 0 aromatic rings. The second kappa shape index (κ2) is 3.89. The Labute approximate surface area is 85.2 Å². The number of nitrogens with one attached hydrogen (secondary N) is 1. The van der Waals surface area contributed by atoms with Crippen LogP contribution in [0.4, 0.5) is 0 Å². The van der Waals surface area contributed by atoms with E-state index in [1.54, 1.807) is 0 Å². The third kappa shape index (κ3) is 2.08. The maximum Gasteiger partial charge on any atom is 0.323 e. The average molecular weight is 197 g/mol. The minimum absolute atomic E-state index is 0.0348. The van der Waals surface area contributed by atoms with Gasteiger partial charge in [0.25, 0.3) is 0 Å². The van der Waals surface area contributed by atoms with Gasteiger partial charge >= 0.3 is 5.97 Å². The molecular formula is C11H19NO2. The Morgan fingerprint density at radius 3 is 2.79 bits per heavy atom. The van der Waals surface area contributed by atoms with Crippen LogP contribution in [0.3, 0.4) is 0 Å². The van der Waals surface area contributed by atoms with E-state index in [9.17, 15) is 4.79 Å². The van der Waals surface area contributed by atoms with E-state index in [4.69, 9.17) is 4.74 Å². The van der Waals surface area contributed by atoms with Crippen molar-refractivity contribution in [2.75, 3.05) is 13.2 Å². The van der Waals surface area contributed by atoms with Gasteiger partial charge in [-0.15, -0.1) is 0 Å². The molecule has 1 saturated carbocycles. The zero-order valence-electron chi connectivity index (χ0n) is 8.84. The first-order valence-corrected chi connectivity index (χ1v) is 5.60. The number of carbonyl (C=O) groups excluding carboxylic acids is 1. The molecule has 0 amide bonds. The zero-order valence-corrected chi connectivity index (χ0v) is 8.84. The normalized spacial score (nSPS) is 30.6. The van der Waals surface area contributed by atoms with E-state index >= 15 is 0 Å². The van der Waals surface area contributed by atoms with Gasteiger partial charge < -0.3 is 10.1 Å². The average Bonchev–Trinajstić information content (AvgIpc) is 2.73. The second-order valence-electron chi connectivity index (χ2n) is 4.91. The molecule has 0 spiro atoms. The van der Waals surface area contributed by atoms with Gasteiger partial charge in [0, 0.05) is 13.0 Å². The van der Waals surface area contributed by atoms with Crippen LogP contribution in [0.25, 0.3) is 0 Å². The van der Waals surface area contributed by atoms with Crippen LogP contribution in [0.15, 0.2) is 0 Å². The molecule has 0 aromatic heterocycles. The predicted octanol–water partition coefficient (Wildman–Crippen LogP) is 1.47. The molecule has 2 rings (SSSR count). The molecule has 1 atom stereocenters. The molecule has 0 radical (unpaired) electrons. The second-order valence-corrected chi connectivity index (χ2v) is 4.91. The topological polar surface area (TPSA) is 38.3 Å². The summed E-state index contributed by atoms with van der Waals surface area (Å²) in [5.41, 5.74) is 0.420. The molecule has 1 heterocycles. The SMILES string of the molecule is CC1(CNC2CCOC2=O)CCCC1. The zero-order chi connectivity index (χ0) is 10.0. The van der Waals surface area contributed by atoms with Crippen molar-refractivity contribution in [3.8, 4) is 0 Å². The van der Waals surface area contributed by atoms with Gasteiger partial charge in [0.15, 0.2) is 0 Å². The van der Waals surface area contributed by atoms with Crippen LogP contribution >= 0.6 is 0 Å². The van der Waals surface area contributed by atoms with Crippen molar-refractivity contribution < 1.29 is 9.53 Å². The molecular weight excluding hydrogens is 178 g/mol. The number of ether oxygens (including phenoxy) is 1. The van der Waals surface area contributed by atoms with Crippen molar-refractivity contribution in [1.82, 2.24) is 5.32 Å². The Morgan fingerprint density at radius 2 is 2.21 bits per heavy atom. The Bertz CT molecular complexity index is 221. The highest BCUT2D eigenvalue weighted by atomic mass is 16.5. The lowest BCUT2D eigenvalue weighted by Gasteiger charge is -2.25. The van der Waals surface area contributed by atoms with E-state index in [0.29, 0.717) is 12.0 Å². The minimum Gasteiger partial charge on any atom is -0.464 e. The van der Waals surface area contributed by atoms with Gasteiger partial charge in [-0.2, -0.15) is 0 Å². The molecule has 0 aromatic carbocycles. The monoisotopic (exact) mass is 197 g/mol. The first-order valence-electron chi connectivity index (χ1n) is 5.60. The summed E-state index contributed by atoms with van der Waals surface area (Å²) in [5.74, 6) is -0.0633. The summed E-state index contributed by atoms with van der Waals surface area (Å²) in [4.78, 5) is 11.2. The third-order valence-corrected chi connectivity index (χ3v) is 3.52. The van der Waals surface area contributed by atoms with Crippen LogP contribution in [0.2, 0.25) is 0 Å². The largest absolute Gasteiger partial charge is 0.464 e. The van der Waals surface area contributed by atoms with Gasteiger partial charge in [0.1, 0.15) is 6.04 Å². The number of cyclic esters (lactones) is 1. The van der Waals surface area contributed by atoms with Crippen LogP contribution < -0.4 is 5.32 Å². The Kier molecular flexibility index (Phi) is 2.77. The fraction of sp³-hybridized carbons (Fsp3) is 0.909. The van der Waals surface area contributed by atoms with E-state index in [1.807, 2.05) is 0 Å². The van der Waals surface area contributed by atoms with Crippen molar-refractivity contribution in [3.63, 3.8) is 0 Å². The first kappa shape index (κ1) is 9.97. The summed E-state index contributed by atoms with van der Waals surface area (Å²) in [7, 11) is 0. The van der Waals surface area contributed by atoms with Gasteiger partial charge in [0.2, 0.25) is 0 Å². The smallest absolute Gasteiger partial charge is 0.323 e. The number of rotatable bonds is 3. The molecule has 1 aliphatic heterocycles. The van der Waals surface area contributed by atoms with Crippen LogP contribution in [0.5, 0.6) is 0 Å². The van der Waals surface area contributed by atoms with E-state index < -0.39 is 0 Å². The van der Waals surface area contributed by atoms with Gasteiger partial charge in [-0.3, -0.25) is 4.79 Å². The molecule has 1 saturated heterocycles. The molecule has 0 bridgehead atoms. The predicted molar refractivity (Wildman–Crippen MR) is 53.9 cm³/mol. The summed E-state index contributed by atoms with van der Waals surface area (Å²) in [5, 5.41) is 3.34. The lowest BCUT2D eigenvalue weighted by atomic mass is 9.88. The fourth-order valence-corrected chi connectivity index (χ4v) is 2.46. The number of carbonyl (C=O) groups is 1. The molecule has 2 aliphatic rings. The standard InChI is InChI=1S/C11H19NO2/c1-11(5-2-3-6-11)8-12-9-4-7-14-10(9)13/h9,12H,2-8H2,1H3. The Hall–Kier alpha value is -0.570. The number of esters is 1. The molecule has 80 valence electrons. The Balaban J connectivity index is 1.78. The minimum atomic E-state index is -0.0633. The summed E-state index contributed by atoms with van der Waals surface area (Å²) in [6, 6.07) is -0.0348. The third-order valence-electron chi connectivity index (χ3n) is 3.52. The molecule has 1 aliphatic carbocycles. The maximum atomic E-state index is 11.2. The molecule has 3 nitrogen and oxygen atoms in total. The van der Waals surface area contributed by atoms with Gasteiger partial charge in [-0.1, -0.05) is 19.8 Å². The molecule has 14 heavy (non-hydrogen) atoms. The van der Waals surface area contributed by atoms with E-state index in [-0.39, 0.29) is 12.0 Å². The summed E-state index contributed by atoms with van der Waals surface area (Å²) < 4.78 is 4.91. The van der Waals surface area contributed by atoms with Gasteiger partial charge in [-0.05, 0) is 18.3 Å². The highest BCUT2D eigenvalue weighted by Crippen LogP contribution is 2.36. The van der Waals surface area contributed by atoms with Crippen molar-refractivity contribution in [1.29, 1.82) is 0 Å². The molecule has 2 fully saturated rings. The van der Waals surface area contributed by atoms with Crippen LogP contribution in [0, 0.1) is 5.41 Å². The molecule has 3 heteroatoms. The first-order chi connectivity index (χ1) is 6.70. The summed E-state index contributed by atoms with van der Waals surface area (Å²) >= 11 is 0. The fourth-order valence-electron chi connectivity index (χ4n) is 2.46. The maximum absolute atomic E-state index is 11.2. The number of hydrogen-bond donors (Lipinski definition) is 1. The van der Waals surface area contributed by atoms with Crippen molar-refractivity contribution in [3.05, 3.63) is 0 Å². The van der Waals surface area contributed by atoms with Gasteiger partial charge in [0.05, 0.1) is 6.61 Å². The van der Waals surface area contributed by atoms with Crippen molar-refractivity contribution in [2.45, 2.75) is 45.1 Å².